The van der Waals surface area contributed by atoms with Gasteiger partial charge in [0.25, 0.3) is 0 Å². The molecule has 0 radical (unpaired) electrons. The van der Waals surface area contributed by atoms with E-state index in [1.54, 1.807) is 0 Å². The van der Waals surface area contributed by atoms with E-state index in [0.29, 0.717) is 5.95 Å². The monoisotopic (exact) mass is 501 g/mol. The SMILES string of the molecule is c1ccc2c(c1)ccc1cnc(-n3c4ccccc4c4c5ccccc5c5c6ccccc6sc5c43)nc12. The second kappa shape index (κ2) is 7.37. The van der Waals surface area contributed by atoms with Crippen LogP contribution in [-0.2, 0) is 0 Å². The topological polar surface area (TPSA) is 30.7 Å². The van der Waals surface area contributed by atoms with Gasteiger partial charge in [-0.1, -0.05) is 97.1 Å². The number of hydrogen-bond donors (Lipinski definition) is 0. The normalized spacial score (nSPS) is 12.2. The first-order chi connectivity index (χ1) is 18.9. The Morgan fingerprint density at radius 3 is 2.08 bits per heavy atom. The fourth-order valence-corrected chi connectivity index (χ4v) is 7.46. The van der Waals surface area contributed by atoms with Gasteiger partial charge >= 0.3 is 0 Å². The van der Waals surface area contributed by atoms with Crippen LogP contribution < -0.4 is 0 Å². The number of hydrogen-bond acceptors (Lipinski definition) is 3. The number of aromatic nitrogens is 3. The van der Waals surface area contributed by atoms with Gasteiger partial charge in [-0.3, -0.25) is 4.57 Å². The zero-order valence-electron chi connectivity index (χ0n) is 20.2. The van der Waals surface area contributed by atoms with Crippen molar-refractivity contribution < 1.29 is 0 Å². The van der Waals surface area contributed by atoms with Crippen LogP contribution in [0.3, 0.4) is 0 Å². The first-order valence-corrected chi connectivity index (χ1v) is 13.6. The summed E-state index contributed by atoms with van der Waals surface area (Å²) >= 11 is 1.86. The number of thiophene rings is 1. The molecule has 0 aliphatic rings. The molecular weight excluding hydrogens is 482 g/mol. The molecule has 0 spiro atoms. The number of para-hydroxylation sites is 1. The molecule has 3 aromatic heterocycles. The fourth-order valence-electron chi connectivity index (χ4n) is 6.20. The van der Waals surface area contributed by atoms with E-state index >= 15 is 0 Å². The summed E-state index contributed by atoms with van der Waals surface area (Å²) in [4.78, 5) is 10.2. The average molecular weight is 502 g/mol. The van der Waals surface area contributed by atoms with Gasteiger partial charge in [0.05, 0.1) is 21.3 Å². The Kier molecular flexibility index (Phi) is 3.93. The lowest BCUT2D eigenvalue weighted by molar-refractivity contribution is 1.02. The summed E-state index contributed by atoms with van der Waals surface area (Å²) in [6.45, 7) is 0. The van der Waals surface area contributed by atoms with Gasteiger partial charge in [0.15, 0.2) is 0 Å². The van der Waals surface area contributed by atoms with Crippen LogP contribution in [0.1, 0.15) is 0 Å². The van der Waals surface area contributed by atoms with E-state index in [0.717, 1.165) is 21.8 Å². The van der Waals surface area contributed by atoms with Crippen molar-refractivity contribution in [2.24, 2.45) is 0 Å². The summed E-state index contributed by atoms with van der Waals surface area (Å²) in [6.07, 6.45) is 1.97. The molecule has 0 saturated carbocycles. The van der Waals surface area contributed by atoms with Gasteiger partial charge in [0.2, 0.25) is 5.95 Å². The van der Waals surface area contributed by atoms with Crippen molar-refractivity contribution in [3.8, 4) is 5.95 Å². The van der Waals surface area contributed by atoms with Gasteiger partial charge in [0, 0.05) is 43.2 Å². The molecule has 0 atom stereocenters. The third kappa shape index (κ3) is 2.57. The molecule has 38 heavy (non-hydrogen) atoms. The molecule has 0 amide bonds. The minimum Gasteiger partial charge on any atom is -0.276 e. The summed E-state index contributed by atoms with van der Waals surface area (Å²) < 4.78 is 4.86. The van der Waals surface area contributed by atoms with E-state index in [-0.39, 0.29) is 0 Å². The summed E-state index contributed by atoms with van der Waals surface area (Å²) in [5.41, 5.74) is 3.28. The molecule has 4 heteroatoms. The Labute approximate surface area is 221 Å². The molecule has 6 aromatic carbocycles. The highest BCUT2D eigenvalue weighted by Crippen LogP contribution is 2.47. The molecule has 9 aromatic rings. The molecule has 176 valence electrons. The van der Waals surface area contributed by atoms with E-state index in [2.05, 4.69) is 114 Å². The van der Waals surface area contributed by atoms with E-state index in [4.69, 9.17) is 9.97 Å². The maximum Gasteiger partial charge on any atom is 0.235 e. The highest BCUT2D eigenvalue weighted by atomic mass is 32.1. The molecule has 0 fully saturated rings. The highest BCUT2D eigenvalue weighted by molar-refractivity contribution is 7.27. The lowest BCUT2D eigenvalue weighted by Crippen LogP contribution is -2.01. The second-order valence-corrected chi connectivity index (χ2v) is 10.9. The number of rotatable bonds is 1. The van der Waals surface area contributed by atoms with E-state index in [1.807, 2.05) is 17.5 Å². The quantitative estimate of drug-likeness (QED) is 0.210. The Hall–Kier alpha value is -4.80. The number of nitrogens with zero attached hydrogens (tertiary/aromatic N) is 3. The molecule has 0 aliphatic carbocycles. The number of benzene rings is 6. The molecule has 9 rings (SSSR count). The van der Waals surface area contributed by atoms with Crippen LogP contribution in [0.25, 0.3) is 80.4 Å². The Balaban J connectivity index is 1.55. The molecular formula is C34H19N3S. The summed E-state index contributed by atoms with van der Waals surface area (Å²) in [5.74, 6) is 0.703. The summed E-state index contributed by atoms with van der Waals surface area (Å²) in [7, 11) is 0. The summed E-state index contributed by atoms with van der Waals surface area (Å²) in [6, 6.07) is 38.9. The minimum atomic E-state index is 0.703. The first-order valence-electron chi connectivity index (χ1n) is 12.8. The van der Waals surface area contributed by atoms with Crippen LogP contribution >= 0.6 is 11.3 Å². The first kappa shape index (κ1) is 20.3. The Morgan fingerprint density at radius 1 is 0.553 bits per heavy atom. The van der Waals surface area contributed by atoms with Crippen molar-refractivity contribution in [2.45, 2.75) is 0 Å². The highest BCUT2D eigenvalue weighted by Gasteiger charge is 2.22. The maximum atomic E-state index is 5.24. The largest absolute Gasteiger partial charge is 0.276 e. The van der Waals surface area contributed by atoms with Crippen LogP contribution in [0.15, 0.2) is 115 Å². The maximum absolute atomic E-state index is 5.24. The van der Waals surface area contributed by atoms with Crippen molar-refractivity contribution in [1.82, 2.24) is 14.5 Å². The Bertz CT molecular complexity index is 2410. The smallest absolute Gasteiger partial charge is 0.235 e. The van der Waals surface area contributed by atoms with Gasteiger partial charge in [-0.25, -0.2) is 9.97 Å². The van der Waals surface area contributed by atoms with Crippen molar-refractivity contribution in [2.75, 3.05) is 0 Å². The zero-order valence-corrected chi connectivity index (χ0v) is 21.0. The van der Waals surface area contributed by atoms with Gasteiger partial charge in [-0.2, -0.15) is 0 Å². The standard InChI is InChI=1S/C34H19N3S/c1-2-10-22-20(9-1)17-18-21-19-35-34(36-31(21)22)37-27-15-7-5-13-25(27)29-23-11-3-4-12-24(23)30-26-14-6-8-16-28(26)38-33(30)32(29)37/h1-19H. The van der Waals surface area contributed by atoms with Crippen molar-refractivity contribution in [3.05, 3.63) is 115 Å². The van der Waals surface area contributed by atoms with Crippen LogP contribution in [0.5, 0.6) is 0 Å². The predicted octanol–water partition coefficient (Wildman–Crippen LogP) is 9.40. The van der Waals surface area contributed by atoms with Gasteiger partial charge < -0.3 is 0 Å². The third-order valence-electron chi connectivity index (χ3n) is 7.81. The van der Waals surface area contributed by atoms with Crippen molar-refractivity contribution in [1.29, 1.82) is 0 Å². The molecule has 0 bridgehead atoms. The molecule has 0 unspecified atom stereocenters. The number of fused-ring (bicyclic) bond motifs is 13. The second-order valence-electron chi connectivity index (χ2n) is 9.82. The van der Waals surface area contributed by atoms with Gasteiger partial charge in [-0.05, 0) is 28.3 Å². The van der Waals surface area contributed by atoms with Crippen LogP contribution in [0.4, 0.5) is 0 Å². The average Bonchev–Trinajstić information content (AvgIpc) is 3.54. The predicted molar refractivity (Wildman–Crippen MR) is 162 cm³/mol. The molecule has 3 nitrogen and oxygen atoms in total. The lowest BCUT2D eigenvalue weighted by Gasteiger charge is -2.10. The molecule has 3 heterocycles. The molecule has 0 N–H and O–H groups in total. The molecule has 0 aliphatic heterocycles. The van der Waals surface area contributed by atoms with Crippen LogP contribution in [-0.4, -0.2) is 14.5 Å². The molecule has 0 saturated heterocycles. The fraction of sp³-hybridized carbons (Fsp3) is 0. The van der Waals surface area contributed by atoms with E-state index in [1.165, 1.54) is 52.6 Å². The van der Waals surface area contributed by atoms with E-state index < -0.39 is 0 Å². The van der Waals surface area contributed by atoms with Gasteiger partial charge in [-0.15, -0.1) is 11.3 Å². The van der Waals surface area contributed by atoms with Crippen molar-refractivity contribution >= 4 is 85.8 Å². The third-order valence-corrected chi connectivity index (χ3v) is 8.99. The lowest BCUT2D eigenvalue weighted by atomic mass is 9.99. The van der Waals surface area contributed by atoms with Crippen molar-refractivity contribution in [3.63, 3.8) is 0 Å². The minimum absolute atomic E-state index is 0.703. The summed E-state index contributed by atoms with van der Waals surface area (Å²) in [5, 5.41) is 11.0. The Morgan fingerprint density at radius 2 is 1.21 bits per heavy atom. The van der Waals surface area contributed by atoms with E-state index in [9.17, 15) is 0 Å². The van der Waals surface area contributed by atoms with Crippen LogP contribution in [0.2, 0.25) is 0 Å². The zero-order chi connectivity index (χ0) is 24.8. The van der Waals surface area contributed by atoms with Crippen LogP contribution in [0, 0.1) is 0 Å². The van der Waals surface area contributed by atoms with Gasteiger partial charge in [0.1, 0.15) is 0 Å².